The molecular weight excluding hydrogens is 446 g/mol. The summed E-state index contributed by atoms with van der Waals surface area (Å²) < 4.78 is 1.70. The van der Waals surface area contributed by atoms with Crippen molar-refractivity contribution in [2.75, 3.05) is 5.32 Å². The molecule has 4 nitrogen and oxygen atoms in total. The number of thiocarbonyl (C=S) groups is 1. The molecule has 1 heterocycles. The highest BCUT2D eigenvalue weighted by molar-refractivity contribution is 7.80. The van der Waals surface area contributed by atoms with Gasteiger partial charge in [0.15, 0.2) is 10.9 Å². The number of aromatic nitrogens is 2. The van der Waals surface area contributed by atoms with E-state index in [0.717, 1.165) is 11.1 Å². The van der Waals surface area contributed by atoms with Crippen molar-refractivity contribution in [1.29, 1.82) is 0 Å². The first-order valence-electron chi connectivity index (χ1n) is 7.87. The number of anilines is 1. The van der Waals surface area contributed by atoms with Crippen LogP contribution in [-0.4, -0.2) is 14.9 Å². The Kier molecular flexibility index (Phi) is 6.84. The van der Waals surface area contributed by atoms with Crippen LogP contribution in [0.3, 0.4) is 0 Å². The molecule has 0 spiro atoms. The quantitative estimate of drug-likeness (QED) is 0.457. The van der Waals surface area contributed by atoms with Crippen molar-refractivity contribution in [2.24, 2.45) is 0 Å². The highest BCUT2D eigenvalue weighted by Crippen LogP contribution is 2.24. The molecule has 9 heteroatoms. The maximum Gasteiger partial charge on any atom is 0.173 e. The predicted molar refractivity (Wildman–Crippen MR) is 117 cm³/mol. The van der Waals surface area contributed by atoms with Gasteiger partial charge in [0, 0.05) is 17.8 Å². The molecule has 2 N–H and O–H groups in total. The van der Waals surface area contributed by atoms with Crippen LogP contribution in [0.1, 0.15) is 11.1 Å². The molecular formula is C18H14Cl4N4S. The van der Waals surface area contributed by atoms with Crippen LogP contribution in [0.5, 0.6) is 0 Å². The van der Waals surface area contributed by atoms with Gasteiger partial charge in [0.25, 0.3) is 0 Å². The van der Waals surface area contributed by atoms with E-state index in [9.17, 15) is 0 Å². The minimum atomic E-state index is 0.423. The molecule has 0 unspecified atom stereocenters. The maximum atomic E-state index is 6.25. The van der Waals surface area contributed by atoms with Gasteiger partial charge in [0.1, 0.15) is 5.02 Å². The Balaban J connectivity index is 1.59. The lowest BCUT2D eigenvalue weighted by atomic mass is 10.2. The summed E-state index contributed by atoms with van der Waals surface area (Å²) >= 11 is 29.4. The van der Waals surface area contributed by atoms with E-state index in [1.54, 1.807) is 23.0 Å². The second kappa shape index (κ2) is 9.13. The van der Waals surface area contributed by atoms with Crippen molar-refractivity contribution in [1.82, 2.24) is 15.1 Å². The summed E-state index contributed by atoms with van der Waals surface area (Å²) in [5.41, 5.74) is 2.01. The Labute approximate surface area is 182 Å². The minimum absolute atomic E-state index is 0.423. The average Bonchev–Trinajstić information content (AvgIpc) is 2.96. The summed E-state index contributed by atoms with van der Waals surface area (Å²) in [4.78, 5) is 0. The van der Waals surface area contributed by atoms with Gasteiger partial charge in [0.05, 0.1) is 16.6 Å². The van der Waals surface area contributed by atoms with E-state index in [0.29, 0.717) is 44.1 Å². The van der Waals surface area contributed by atoms with E-state index in [2.05, 4.69) is 15.7 Å². The standard InChI is InChI=1S/C18H14Cl4N4S/c19-13-4-1-11(2-5-13)8-23-18(27)24-17-16(22)10-26(25-17)9-12-3-6-14(20)15(21)7-12/h1-7,10H,8-9H2,(H2,23,24,25,27). The van der Waals surface area contributed by atoms with E-state index in [4.69, 9.17) is 58.6 Å². The fourth-order valence-corrected chi connectivity index (χ4v) is 3.14. The molecule has 0 saturated carbocycles. The van der Waals surface area contributed by atoms with Crippen LogP contribution in [0.4, 0.5) is 5.82 Å². The van der Waals surface area contributed by atoms with E-state index >= 15 is 0 Å². The van der Waals surface area contributed by atoms with Crippen molar-refractivity contribution < 1.29 is 0 Å². The number of hydrogen-bond donors (Lipinski definition) is 2. The first-order valence-corrected chi connectivity index (χ1v) is 9.79. The molecule has 2 aromatic carbocycles. The fraction of sp³-hybridized carbons (Fsp3) is 0.111. The van der Waals surface area contributed by atoms with Gasteiger partial charge >= 0.3 is 0 Å². The van der Waals surface area contributed by atoms with Crippen molar-refractivity contribution in [2.45, 2.75) is 13.1 Å². The maximum absolute atomic E-state index is 6.25. The normalized spacial score (nSPS) is 10.7. The topological polar surface area (TPSA) is 41.9 Å². The van der Waals surface area contributed by atoms with E-state index in [1.807, 2.05) is 30.3 Å². The van der Waals surface area contributed by atoms with Crippen molar-refractivity contribution in [3.05, 3.63) is 79.9 Å². The molecule has 27 heavy (non-hydrogen) atoms. The summed E-state index contributed by atoms with van der Waals surface area (Å²) in [6.07, 6.45) is 1.72. The van der Waals surface area contributed by atoms with Crippen LogP contribution >= 0.6 is 58.6 Å². The summed E-state index contributed by atoms with van der Waals surface area (Å²) in [6.45, 7) is 1.06. The van der Waals surface area contributed by atoms with Crippen LogP contribution in [0.15, 0.2) is 48.7 Å². The third-order valence-electron chi connectivity index (χ3n) is 3.64. The molecule has 0 radical (unpaired) electrons. The third kappa shape index (κ3) is 5.74. The summed E-state index contributed by atoms with van der Waals surface area (Å²) in [5.74, 6) is 0.477. The molecule has 0 aliphatic rings. The van der Waals surface area contributed by atoms with Gasteiger partial charge in [-0.25, -0.2) is 0 Å². The number of halogens is 4. The number of benzene rings is 2. The zero-order valence-electron chi connectivity index (χ0n) is 13.8. The molecule has 0 aliphatic heterocycles. The Hall–Kier alpha value is -1.50. The van der Waals surface area contributed by atoms with E-state index in [1.165, 1.54) is 0 Å². The molecule has 0 fully saturated rings. The Morgan fingerprint density at radius 1 is 0.926 bits per heavy atom. The van der Waals surface area contributed by atoms with Gasteiger partial charge in [-0.2, -0.15) is 5.10 Å². The predicted octanol–water partition coefficient (Wildman–Crippen LogP) is 6.03. The van der Waals surface area contributed by atoms with Crippen molar-refractivity contribution in [3.63, 3.8) is 0 Å². The van der Waals surface area contributed by atoms with Gasteiger partial charge in [-0.3, -0.25) is 4.68 Å². The molecule has 0 aliphatic carbocycles. The number of rotatable bonds is 5. The van der Waals surface area contributed by atoms with Crippen LogP contribution in [0.25, 0.3) is 0 Å². The first kappa shape index (κ1) is 20.2. The largest absolute Gasteiger partial charge is 0.358 e. The molecule has 140 valence electrons. The van der Waals surface area contributed by atoms with Gasteiger partial charge in [-0.05, 0) is 47.6 Å². The smallest absolute Gasteiger partial charge is 0.173 e. The van der Waals surface area contributed by atoms with Crippen molar-refractivity contribution in [3.8, 4) is 0 Å². The van der Waals surface area contributed by atoms with Gasteiger partial charge in [-0.1, -0.05) is 64.6 Å². The van der Waals surface area contributed by atoms with Gasteiger partial charge in [0.2, 0.25) is 0 Å². The first-order chi connectivity index (χ1) is 12.9. The van der Waals surface area contributed by atoms with Crippen molar-refractivity contribution >= 4 is 69.6 Å². The highest BCUT2D eigenvalue weighted by atomic mass is 35.5. The lowest BCUT2D eigenvalue weighted by Gasteiger charge is -2.09. The van der Waals surface area contributed by atoms with E-state index in [-0.39, 0.29) is 0 Å². The third-order valence-corrected chi connectivity index (χ3v) is 5.16. The summed E-state index contributed by atoms with van der Waals surface area (Å²) in [6, 6.07) is 12.9. The molecule has 3 aromatic rings. The molecule has 0 bridgehead atoms. The molecule has 0 amide bonds. The number of nitrogens with one attached hydrogen (secondary N) is 2. The monoisotopic (exact) mass is 458 g/mol. The molecule has 1 aromatic heterocycles. The Morgan fingerprint density at radius 3 is 2.33 bits per heavy atom. The highest BCUT2D eigenvalue weighted by Gasteiger charge is 2.10. The summed E-state index contributed by atoms with van der Waals surface area (Å²) in [5, 5.41) is 13.1. The SMILES string of the molecule is S=C(NCc1ccc(Cl)cc1)Nc1nn(Cc2ccc(Cl)c(Cl)c2)cc1Cl. The second-order valence-electron chi connectivity index (χ2n) is 5.71. The Morgan fingerprint density at radius 2 is 1.63 bits per heavy atom. The zero-order valence-corrected chi connectivity index (χ0v) is 17.7. The number of nitrogens with zero attached hydrogens (tertiary/aromatic N) is 2. The Bertz CT molecular complexity index is 956. The molecule has 0 saturated heterocycles. The van der Waals surface area contributed by atoms with Crippen LogP contribution in [0, 0.1) is 0 Å². The van der Waals surface area contributed by atoms with Gasteiger partial charge in [-0.15, -0.1) is 0 Å². The lowest BCUT2D eigenvalue weighted by Crippen LogP contribution is -2.28. The minimum Gasteiger partial charge on any atom is -0.358 e. The number of hydrogen-bond acceptors (Lipinski definition) is 2. The molecule has 3 rings (SSSR count). The van der Waals surface area contributed by atoms with E-state index < -0.39 is 0 Å². The summed E-state index contributed by atoms with van der Waals surface area (Å²) in [7, 11) is 0. The molecule has 0 atom stereocenters. The van der Waals surface area contributed by atoms with Gasteiger partial charge < -0.3 is 10.6 Å². The fourth-order valence-electron chi connectivity index (χ4n) is 2.32. The lowest BCUT2D eigenvalue weighted by molar-refractivity contribution is 0.690. The van der Waals surface area contributed by atoms with Crippen LogP contribution in [0.2, 0.25) is 20.1 Å². The average molecular weight is 460 g/mol. The zero-order chi connectivity index (χ0) is 19.4. The van der Waals surface area contributed by atoms with Crippen LogP contribution < -0.4 is 10.6 Å². The second-order valence-corrected chi connectivity index (χ2v) is 7.77. The van der Waals surface area contributed by atoms with Crippen LogP contribution in [-0.2, 0) is 13.1 Å².